The van der Waals surface area contributed by atoms with E-state index in [4.69, 9.17) is 0 Å². The van der Waals surface area contributed by atoms with E-state index in [1.165, 1.54) is 10.4 Å². The van der Waals surface area contributed by atoms with Gasteiger partial charge < -0.3 is 15.1 Å². The number of aromatic nitrogens is 3. The monoisotopic (exact) mass is 384 g/mol. The molecular formula is C20H28N6O2. The quantitative estimate of drug-likeness (QED) is 0.856. The summed E-state index contributed by atoms with van der Waals surface area (Å²) in [5.74, 6) is 0.564. The van der Waals surface area contributed by atoms with E-state index < -0.39 is 0 Å². The molecule has 1 saturated heterocycles. The van der Waals surface area contributed by atoms with Crippen molar-refractivity contribution in [3.05, 3.63) is 40.6 Å². The Hall–Kier alpha value is -2.61. The zero-order valence-electron chi connectivity index (χ0n) is 16.4. The van der Waals surface area contributed by atoms with E-state index in [0.717, 1.165) is 63.4 Å². The standard InChI is InChI=1S/C20H28N6O2/c1-23-11-13-24(14-12-23)17-8-6-16(7-9-17)21-19(27)15-26-20(28)25-10-4-2-3-5-18(25)22-26/h6-9H,2-5,10-15H2,1H3,(H,21,27). The molecular weight excluding hydrogens is 356 g/mol. The maximum absolute atomic E-state index is 12.5. The Balaban J connectivity index is 1.37. The van der Waals surface area contributed by atoms with Crippen molar-refractivity contribution in [3.63, 3.8) is 0 Å². The van der Waals surface area contributed by atoms with Crippen LogP contribution in [0.4, 0.5) is 11.4 Å². The number of likely N-dealkylation sites (N-methyl/N-ethyl adjacent to an activating group) is 1. The molecule has 2 aliphatic heterocycles. The van der Waals surface area contributed by atoms with E-state index in [1.807, 2.05) is 24.3 Å². The van der Waals surface area contributed by atoms with Gasteiger partial charge >= 0.3 is 5.69 Å². The molecule has 8 heteroatoms. The Morgan fingerprint density at radius 2 is 1.79 bits per heavy atom. The molecule has 0 unspecified atom stereocenters. The van der Waals surface area contributed by atoms with Crippen molar-refractivity contribution in [1.29, 1.82) is 0 Å². The summed E-state index contributed by atoms with van der Waals surface area (Å²) in [6, 6.07) is 7.89. The van der Waals surface area contributed by atoms with Crippen molar-refractivity contribution in [2.45, 2.75) is 38.8 Å². The number of benzene rings is 1. The molecule has 1 N–H and O–H groups in total. The van der Waals surface area contributed by atoms with Gasteiger partial charge in [-0.15, -0.1) is 0 Å². The van der Waals surface area contributed by atoms with Crippen LogP contribution in [-0.2, 0) is 24.3 Å². The third-order valence-corrected chi connectivity index (χ3v) is 5.59. The number of rotatable bonds is 4. The number of nitrogens with zero attached hydrogens (tertiary/aromatic N) is 5. The highest BCUT2D eigenvalue weighted by Crippen LogP contribution is 2.19. The molecule has 1 aromatic carbocycles. The van der Waals surface area contributed by atoms with Crippen LogP contribution in [0.25, 0.3) is 0 Å². The minimum Gasteiger partial charge on any atom is -0.369 e. The first-order valence-electron chi connectivity index (χ1n) is 10.1. The van der Waals surface area contributed by atoms with Crippen LogP contribution in [0.15, 0.2) is 29.1 Å². The van der Waals surface area contributed by atoms with Gasteiger partial charge in [-0.05, 0) is 44.2 Å². The first-order valence-corrected chi connectivity index (χ1v) is 10.1. The van der Waals surface area contributed by atoms with E-state index in [1.54, 1.807) is 4.57 Å². The Bertz CT molecular complexity index is 877. The van der Waals surface area contributed by atoms with Gasteiger partial charge in [-0.3, -0.25) is 9.36 Å². The summed E-state index contributed by atoms with van der Waals surface area (Å²) in [4.78, 5) is 29.5. The number of fused-ring (bicyclic) bond motifs is 1. The van der Waals surface area contributed by atoms with Gasteiger partial charge in [0.2, 0.25) is 5.91 Å². The fraction of sp³-hybridized carbons (Fsp3) is 0.550. The molecule has 2 aliphatic rings. The molecule has 1 amide bonds. The van der Waals surface area contributed by atoms with Gasteiger partial charge in [0.05, 0.1) is 0 Å². The largest absolute Gasteiger partial charge is 0.369 e. The Morgan fingerprint density at radius 3 is 2.54 bits per heavy atom. The summed E-state index contributed by atoms with van der Waals surface area (Å²) in [6.45, 7) is 4.78. The van der Waals surface area contributed by atoms with E-state index in [0.29, 0.717) is 6.54 Å². The predicted molar refractivity (Wildman–Crippen MR) is 109 cm³/mol. The molecule has 1 aromatic heterocycles. The number of aryl methyl sites for hydroxylation is 1. The fourth-order valence-corrected chi connectivity index (χ4v) is 3.89. The molecule has 3 heterocycles. The summed E-state index contributed by atoms with van der Waals surface area (Å²) in [6.07, 6.45) is 3.96. The lowest BCUT2D eigenvalue weighted by Crippen LogP contribution is -2.44. The molecule has 28 heavy (non-hydrogen) atoms. The normalized spacial score (nSPS) is 17.8. The smallest absolute Gasteiger partial charge is 0.346 e. The maximum Gasteiger partial charge on any atom is 0.346 e. The zero-order valence-corrected chi connectivity index (χ0v) is 16.4. The number of anilines is 2. The van der Waals surface area contributed by atoms with Crippen molar-refractivity contribution in [1.82, 2.24) is 19.2 Å². The summed E-state index contributed by atoms with van der Waals surface area (Å²) in [5, 5.41) is 7.24. The van der Waals surface area contributed by atoms with Crippen molar-refractivity contribution >= 4 is 17.3 Å². The van der Waals surface area contributed by atoms with Crippen molar-refractivity contribution in [2.75, 3.05) is 43.4 Å². The summed E-state index contributed by atoms with van der Waals surface area (Å²) in [7, 11) is 2.14. The zero-order chi connectivity index (χ0) is 19.5. The van der Waals surface area contributed by atoms with Crippen LogP contribution in [0.3, 0.4) is 0 Å². The van der Waals surface area contributed by atoms with Crippen molar-refractivity contribution < 1.29 is 4.79 Å². The van der Waals surface area contributed by atoms with Crippen LogP contribution in [0.5, 0.6) is 0 Å². The van der Waals surface area contributed by atoms with Crippen LogP contribution >= 0.6 is 0 Å². The summed E-state index contributed by atoms with van der Waals surface area (Å²) < 4.78 is 3.00. The minimum absolute atomic E-state index is 0.0565. The molecule has 0 aliphatic carbocycles. The number of hydrogen-bond acceptors (Lipinski definition) is 5. The van der Waals surface area contributed by atoms with Gasteiger partial charge in [-0.2, -0.15) is 5.10 Å². The lowest BCUT2D eigenvalue weighted by Gasteiger charge is -2.34. The van der Waals surface area contributed by atoms with Crippen LogP contribution < -0.4 is 15.9 Å². The SMILES string of the molecule is CN1CCN(c2ccc(NC(=O)Cn3nc4n(c3=O)CCCCC4)cc2)CC1. The van der Waals surface area contributed by atoms with Gasteiger partial charge in [-0.25, -0.2) is 9.48 Å². The second kappa shape index (κ2) is 8.18. The molecule has 0 spiro atoms. The number of carbonyl (C=O) groups excluding carboxylic acids is 1. The summed E-state index contributed by atoms with van der Waals surface area (Å²) in [5.41, 5.74) is 1.72. The van der Waals surface area contributed by atoms with E-state index in [2.05, 4.69) is 27.3 Å². The highest BCUT2D eigenvalue weighted by atomic mass is 16.2. The van der Waals surface area contributed by atoms with Crippen LogP contribution in [0.1, 0.15) is 25.1 Å². The average molecular weight is 384 g/mol. The van der Waals surface area contributed by atoms with Crippen molar-refractivity contribution in [3.8, 4) is 0 Å². The number of piperazine rings is 1. The van der Waals surface area contributed by atoms with E-state index >= 15 is 0 Å². The Kier molecular flexibility index (Phi) is 5.47. The molecule has 0 atom stereocenters. The molecule has 0 bridgehead atoms. The highest BCUT2D eigenvalue weighted by Gasteiger charge is 2.18. The lowest BCUT2D eigenvalue weighted by atomic mass is 10.2. The molecule has 0 saturated carbocycles. The first-order chi connectivity index (χ1) is 13.6. The number of nitrogens with one attached hydrogen (secondary N) is 1. The second-order valence-corrected chi connectivity index (χ2v) is 7.70. The van der Waals surface area contributed by atoms with Gasteiger partial charge in [0, 0.05) is 50.5 Å². The van der Waals surface area contributed by atoms with Crippen LogP contribution in [0.2, 0.25) is 0 Å². The van der Waals surface area contributed by atoms with Gasteiger partial charge in [0.15, 0.2) is 0 Å². The van der Waals surface area contributed by atoms with Gasteiger partial charge in [0.25, 0.3) is 0 Å². The Labute approximate surface area is 164 Å². The van der Waals surface area contributed by atoms with E-state index in [9.17, 15) is 9.59 Å². The average Bonchev–Trinajstić information content (AvgIpc) is 2.85. The minimum atomic E-state index is -0.234. The fourth-order valence-electron chi connectivity index (χ4n) is 3.89. The molecule has 1 fully saturated rings. The van der Waals surface area contributed by atoms with Crippen molar-refractivity contribution in [2.24, 2.45) is 0 Å². The molecule has 0 radical (unpaired) electrons. The third kappa shape index (κ3) is 4.11. The number of amides is 1. The molecule has 2 aromatic rings. The maximum atomic E-state index is 12.5. The number of carbonyl (C=O) groups is 1. The number of hydrogen-bond donors (Lipinski definition) is 1. The molecule has 4 rings (SSSR count). The van der Waals surface area contributed by atoms with E-state index in [-0.39, 0.29) is 18.1 Å². The lowest BCUT2D eigenvalue weighted by molar-refractivity contribution is -0.117. The Morgan fingerprint density at radius 1 is 1.04 bits per heavy atom. The second-order valence-electron chi connectivity index (χ2n) is 7.70. The van der Waals surface area contributed by atoms with Crippen LogP contribution in [-0.4, -0.2) is 58.4 Å². The molecule has 150 valence electrons. The van der Waals surface area contributed by atoms with Gasteiger partial charge in [0.1, 0.15) is 12.4 Å². The topological polar surface area (TPSA) is 75.4 Å². The molecule has 8 nitrogen and oxygen atoms in total. The summed E-state index contributed by atoms with van der Waals surface area (Å²) >= 11 is 0. The first kappa shape index (κ1) is 18.7. The predicted octanol–water partition coefficient (Wildman–Crippen LogP) is 1.16. The van der Waals surface area contributed by atoms with Crippen LogP contribution in [0, 0.1) is 0 Å². The highest BCUT2D eigenvalue weighted by molar-refractivity contribution is 5.90. The third-order valence-electron chi connectivity index (χ3n) is 5.59. The van der Waals surface area contributed by atoms with Gasteiger partial charge in [-0.1, -0.05) is 6.42 Å².